The van der Waals surface area contributed by atoms with E-state index in [2.05, 4.69) is 4.74 Å². The molecule has 0 saturated carbocycles. The van der Waals surface area contributed by atoms with Gasteiger partial charge in [-0.05, 0) is 48.5 Å². The van der Waals surface area contributed by atoms with Crippen LogP contribution in [0.5, 0.6) is 17.2 Å². The number of hydrogen-bond donors (Lipinski definition) is 0. The maximum atomic E-state index is 10.9. The van der Waals surface area contributed by atoms with Crippen LogP contribution in [-0.4, -0.2) is 13.3 Å². The summed E-state index contributed by atoms with van der Waals surface area (Å²) in [5, 5.41) is 0.647. The zero-order valence-corrected chi connectivity index (χ0v) is 10.9. The molecule has 0 atom stereocenters. The van der Waals surface area contributed by atoms with E-state index in [4.69, 9.17) is 21.1 Å². The van der Waals surface area contributed by atoms with Crippen LogP contribution in [0.1, 0.15) is 0 Å². The van der Waals surface area contributed by atoms with Gasteiger partial charge < -0.3 is 14.2 Å². The average molecular weight is 279 g/mol. The van der Waals surface area contributed by atoms with E-state index < -0.39 is 6.16 Å². The van der Waals surface area contributed by atoms with Crippen molar-refractivity contribution in [3.63, 3.8) is 0 Å². The van der Waals surface area contributed by atoms with E-state index in [0.717, 1.165) is 0 Å². The third-order valence-corrected chi connectivity index (χ3v) is 2.49. The fourth-order valence-electron chi connectivity index (χ4n) is 1.35. The van der Waals surface area contributed by atoms with E-state index in [1.54, 1.807) is 48.5 Å². The van der Waals surface area contributed by atoms with Crippen LogP contribution in [0.4, 0.5) is 4.79 Å². The van der Waals surface area contributed by atoms with E-state index in [0.29, 0.717) is 22.3 Å². The highest BCUT2D eigenvalue weighted by atomic mass is 35.5. The Balaban J connectivity index is 2.02. The summed E-state index contributed by atoms with van der Waals surface area (Å²) in [5.74, 6) is 1.68. The molecule has 0 N–H and O–H groups in total. The Kier molecular flexibility index (Phi) is 4.26. The first-order chi connectivity index (χ1) is 9.17. The van der Waals surface area contributed by atoms with Crippen LogP contribution >= 0.6 is 11.6 Å². The van der Waals surface area contributed by atoms with Crippen LogP contribution in [0.2, 0.25) is 5.02 Å². The molecule has 0 aliphatic carbocycles. The van der Waals surface area contributed by atoms with Gasteiger partial charge in [-0.25, -0.2) is 4.79 Å². The highest BCUT2D eigenvalue weighted by molar-refractivity contribution is 6.30. The molecule has 5 heteroatoms. The second-order valence-electron chi connectivity index (χ2n) is 3.58. The van der Waals surface area contributed by atoms with Crippen LogP contribution in [-0.2, 0) is 4.74 Å². The summed E-state index contributed by atoms with van der Waals surface area (Å²) in [7, 11) is 1.25. The molecule has 4 nitrogen and oxygen atoms in total. The number of carbonyl (C=O) groups is 1. The van der Waals surface area contributed by atoms with E-state index in [1.165, 1.54) is 7.11 Å². The third-order valence-electron chi connectivity index (χ3n) is 2.24. The fraction of sp³-hybridized carbons (Fsp3) is 0.0714. The summed E-state index contributed by atoms with van der Waals surface area (Å²) in [4.78, 5) is 10.9. The molecule has 0 spiro atoms. The maximum Gasteiger partial charge on any atom is 0.513 e. The minimum Gasteiger partial charge on any atom is -0.457 e. The number of rotatable bonds is 3. The topological polar surface area (TPSA) is 44.8 Å². The van der Waals surface area contributed by atoms with Crippen molar-refractivity contribution in [1.82, 2.24) is 0 Å². The predicted molar refractivity (Wildman–Crippen MR) is 71.0 cm³/mol. The SMILES string of the molecule is COC(=O)Oc1ccc(Oc2ccc(Cl)cc2)cc1. The smallest absolute Gasteiger partial charge is 0.457 e. The van der Waals surface area contributed by atoms with Crippen molar-refractivity contribution >= 4 is 17.8 Å². The van der Waals surface area contributed by atoms with Gasteiger partial charge in [-0.2, -0.15) is 0 Å². The summed E-state index contributed by atoms with van der Waals surface area (Å²) in [6, 6.07) is 13.6. The highest BCUT2D eigenvalue weighted by Crippen LogP contribution is 2.25. The molecular formula is C14H11ClO4. The minimum absolute atomic E-state index is 0.385. The molecule has 19 heavy (non-hydrogen) atoms. The third kappa shape index (κ3) is 3.89. The van der Waals surface area contributed by atoms with Crippen molar-refractivity contribution in [1.29, 1.82) is 0 Å². The van der Waals surface area contributed by atoms with Crippen molar-refractivity contribution in [2.24, 2.45) is 0 Å². The quantitative estimate of drug-likeness (QED) is 0.621. The molecule has 98 valence electrons. The van der Waals surface area contributed by atoms with E-state index in [-0.39, 0.29) is 0 Å². The Morgan fingerprint density at radius 2 is 1.37 bits per heavy atom. The maximum absolute atomic E-state index is 10.9. The molecule has 0 aromatic heterocycles. The largest absolute Gasteiger partial charge is 0.513 e. The molecule has 0 amide bonds. The molecule has 0 heterocycles. The summed E-state index contributed by atoms with van der Waals surface area (Å²) in [6.07, 6.45) is -0.758. The Labute approximate surface area is 115 Å². The summed E-state index contributed by atoms with van der Waals surface area (Å²) >= 11 is 5.78. The molecule has 0 bridgehead atoms. The lowest BCUT2D eigenvalue weighted by atomic mass is 10.3. The zero-order chi connectivity index (χ0) is 13.7. The molecule has 0 unspecified atom stereocenters. The monoisotopic (exact) mass is 278 g/mol. The number of carbonyl (C=O) groups excluding carboxylic acids is 1. The molecule has 0 radical (unpaired) electrons. The summed E-state index contributed by atoms with van der Waals surface area (Å²) < 4.78 is 14.8. The van der Waals surface area contributed by atoms with Gasteiger partial charge in [0, 0.05) is 5.02 Å². The molecule has 2 aromatic carbocycles. The van der Waals surface area contributed by atoms with Crippen LogP contribution in [0, 0.1) is 0 Å². The normalized spacial score (nSPS) is 9.79. The lowest BCUT2D eigenvalue weighted by molar-refractivity contribution is 0.121. The van der Waals surface area contributed by atoms with Gasteiger partial charge in [0.25, 0.3) is 0 Å². The van der Waals surface area contributed by atoms with Crippen molar-refractivity contribution in [2.75, 3.05) is 7.11 Å². The van der Waals surface area contributed by atoms with E-state index >= 15 is 0 Å². The van der Waals surface area contributed by atoms with Crippen molar-refractivity contribution in [3.8, 4) is 17.2 Å². The van der Waals surface area contributed by atoms with E-state index in [9.17, 15) is 4.79 Å². The van der Waals surface area contributed by atoms with Gasteiger partial charge in [0.05, 0.1) is 7.11 Å². The first kappa shape index (κ1) is 13.2. The van der Waals surface area contributed by atoms with Gasteiger partial charge in [0.1, 0.15) is 17.2 Å². The first-order valence-corrected chi connectivity index (χ1v) is 5.84. The van der Waals surface area contributed by atoms with Gasteiger partial charge in [-0.3, -0.25) is 0 Å². The molecule has 0 fully saturated rings. The summed E-state index contributed by atoms with van der Waals surface area (Å²) in [6.45, 7) is 0. The van der Waals surface area contributed by atoms with Gasteiger partial charge in [0.15, 0.2) is 0 Å². The summed E-state index contributed by atoms with van der Waals surface area (Å²) in [5.41, 5.74) is 0. The van der Waals surface area contributed by atoms with Gasteiger partial charge in [-0.1, -0.05) is 11.6 Å². The van der Waals surface area contributed by atoms with Crippen molar-refractivity contribution in [2.45, 2.75) is 0 Å². The van der Waals surface area contributed by atoms with E-state index in [1.807, 2.05) is 0 Å². The number of halogens is 1. The van der Waals surface area contributed by atoms with Crippen LogP contribution in [0.25, 0.3) is 0 Å². The van der Waals surface area contributed by atoms with Crippen molar-refractivity contribution in [3.05, 3.63) is 53.6 Å². The lowest BCUT2D eigenvalue weighted by Gasteiger charge is -2.07. The number of hydrogen-bond acceptors (Lipinski definition) is 4. The molecular weight excluding hydrogens is 268 g/mol. The van der Waals surface area contributed by atoms with Gasteiger partial charge >= 0.3 is 6.16 Å². The number of ether oxygens (including phenoxy) is 3. The second-order valence-corrected chi connectivity index (χ2v) is 4.02. The van der Waals surface area contributed by atoms with Crippen LogP contribution < -0.4 is 9.47 Å². The highest BCUT2D eigenvalue weighted by Gasteiger charge is 2.04. The molecule has 2 rings (SSSR count). The molecule has 0 aliphatic heterocycles. The zero-order valence-electron chi connectivity index (χ0n) is 10.1. The Morgan fingerprint density at radius 1 is 0.895 bits per heavy atom. The van der Waals surface area contributed by atoms with Crippen molar-refractivity contribution < 1.29 is 19.0 Å². The Hall–Kier alpha value is -2.20. The second kappa shape index (κ2) is 6.11. The Morgan fingerprint density at radius 3 is 1.89 bits per heavy atom. The Bertz CT molecular complexity index is 549. The molecule has 0 aliphatic rings. The minimum atomic E-state index is -0.758. The number of methoxy groups -OCH3 is 1. The predicted octanol–water partition coefficient (Wildman–Crippen LogP) is 4.28. The lowest BCUT2D eigenvalue weighted by Crippen LogP contribution is -2.06. The average Bonchev–Trinajstić information content (AvgIpc) is 2.43. The van der Waals surface area contributed by atoms with Gasteiger partial charge in [-0.15, -0.1) is 0 Å². The molecule has 2 aromatic rings. The standard InChI is InChI=1S/C14H11ClO4/c1-17-14(16)19-13-8-6-12(7-9-13)18-11-4-2-10(15)3-5-11/h2-9H,1H3. The van der Waals surface area contributed by atoms with Crippen LogP contribution in [0.3, 0.4) is 0 Å². The molecule has 0 saturated heterocycles. The van der Waals surface area contributed by atoms with Crippen LogP contribution in [0.15, 0.2) is 48.5 Å². The number of benzene rings is 2. The van der Waals surface area contributed by atoms with Gasteiger partial charge in [0.2, 0.25) is 0 Å². The first-order valence-electron chi connectivity index (χ1n) is 5.46. The fourth-order valence-corrected chi connectivity index (χ4v) is 1.48.